The quantitative estimate of drug-likeness (QED) is 0.644. The lowest BCUT2D eigenvalue weighted by Gasteiger charge is -2.35. The molecule has 0 amide bonds. The van der Waals surface area contributed by atoms with Crippen LogP contribution in [0.1, 0.15) is 20.3 Å². The fourth-order valence-electron chi connectivity index (χ4n) is 3.21. The van der Waals surface area contributed by atoms with Gasteiger partial charge in [0.05, 0.1) is 4.92 Å². The number of nitro groups is 1. The zero-order chi connectivity index (χ0) is 16.1. The predicted octanol–water partition coefficient (Wildman–Crippen LogP) is 2.31. The fraction of sp³-hybridized carbons (Fsp3) is 0.625. The molecular weight excluding hydrogens is 284 g/mol. The number of aliphatic hydroxyl groups is 1. The number of para-hydroxylation sites is 2. The van der Waals surface area contributed by atoms with Gasteiger partial charge in [-0.05, 0) is 24.3 Å². The van der Waals surface area contributed by atoms with Crippen LogP contribution in [-0.2, 0) is 0 Å². The number of benzene rings is 1. The molecule has 1 aliphatic rings. The van der Waals surface area contributed by atoms with Crippen LogP contribution < -0.4 is 4.74 Å². The van der Waals surface area contributed by atoms with Gasteiger partial charge in [-0.2, -0.15) is 0 Å². The number of β-amino-alcohol motifs (C(OH)–C–C–N with tert-alkyl or cyclic N) is 1. The smallest absolute Gasteiger partial charge is 0.310 e. The number of hydrogen-bond acceptors (Lipinski definition) is 5. The number of nitrogens with zero attached hydrogens (tertiary/aromatic N) is 2. The summed E-state index contributed by atoms with van der Waals surface area (Å²) < 4.78 is 5.44. The van der Waals surface area contributed by atoms with E-state index in [1.165, 1.54) is 12.5 Å². The van der Waals surface area contributed by atoms with E-state index >= 15 is 0 Å². The van der Waals surface area contributed by atoms with E-state index in [9.17, 15) is 15.2 Å². The Morgan fingerprint density at radius 1 is 1.36 bits per heavy atom. The fourth-order valence-corrected chi connectivity index (χ4v) is 3.21. The van der Waals surface area contributed by atoms with Gasteiger partial charge < -0.3 is 14.7 Å². The molecule has 122 valence electrons. The number of likely N-dealkylation sites (tertiary alicyclic amines) is 1. The first-order chi connectivity index (χ1) is 10.5. The van der Waals surface area contributed by atoms with Crippen molar-refractivity contribution in [1.82, 2.24) is 4.90 Å². The van der Waals surface area contributed by atoms with E-state index in [1.807, 2.05) is 0 Å². The van der Waals surface area contributed by atoms with Gasteiger partial charge in [-0.1, -0.05) is 26.0 Å². The molecule has 1 fully saturated rings. The minimum Gasteiger partial charge on any atom is -0.484 e. The molecule has 1 aromatic carbocycles. The van der Waals surface area contributed by atoms with Gasteiger partial charge in [0.2, 0.25) is 0 Å². The summed E-state index contributed by atoms with van der Waals surface area (Å²) in [5.41, 5.74) is -0.0742. The Bertz CT molecular complexity index is 499. The van der Waals surface area contributed by atoms with Crippen molar-refractivity contribution in [2.24, 2.45) is 11.8 Å². The minimum absolute atomic E-state index is 0.0596. The first kappa shape index (κ1) is 16.7. The van der Waals surface area contributed by atoms with Gasteiger partial charge in [-0.25, -0.2) is 0 Å². The van der Waals surface area contributed by atoms with E-state index < -0.39 is 11.0 Å². The third-order valence-electron chi connectivity index (χ3n) is 3.91. The molecule has 1 aliphatic heterocycles. The number of piperidine rings is 1. The second-order valence-electron chi connectivity index (χ2n) is 6.35. The van der Waals surface area contributed by atoms with Gasteiger partial charge in [0, 0.05) is 25.7 Å². The van der Waals surface area contributed by atoms with Crippen LogP contribution in [0.25, 0.3) is 0 Å². The molecular formula is C16H24N2O4. The van der Waals surface area contributed by atoms with E-state index in [1.54, 1.807) is 18.2 Å². The molecule has 3 atom stereocenters. The SMILES string of the molecule is C[C@@H]1C[C@@H](C)CN(C[C@H](O)COc2ccccc2[N+](=O)[O-])C1. The summed E-state index contributed by atoms with van der Waals surface area (Å²) in [4.78, 5) is 12.7. The van der Waals surface area contributed by atoms with Gasteiger partial charge in [-0.3, -0.25) is 10.1 Å². The lowest BCUT2D eigenvalue weighted by Crippen LogP contribution is -2.44. The topological polar surface area (TPSA) is 75.8 Å². The molecule has 0 bridgehead atoms. The molecule has 0 radical (unpaired) electrons. The molecule has 1 heterocycles. The average Bonchev–Trinajstić information content (AvgIpc) is 2.44. The van der Waals surface area contributed by atoms with E-state index in [0.717, 1.165) is 13.1 Å². The normalized spacial score (nSPS) is 24.0. The zero-order valence-electron chi connectivity index (χ0n) is 13.1. The van der Waals surface area contributed by atoms with Crippen LogP contribution in [0.5, 0.6) is 5.75 Å². The van der Waals surface area contributed by atoms with Crippen molar-refractivity contribution < 1.29 is 14.8 Å². The monoisotopic (exact) mass is 308 g/mol. The van der Waals surface area contributed by atoms with Crippen LogP contribution in [0.15, 0.2) is 24.3 Å². The predicted molar refractivity (Wildman–Crippen MR) is 84.0 cm³/mol. The number of hydrogen-bond donors (Lipinski definition) is 1. The van der Waals surface area contributed by atoms with E-state index in [-0.39, 0.29) is 18.0 Å². The third kappa shape index (κ3) is 4.68. The molecule has 22 heavy (non-hydrogen) atoms. The first-order valence-electron chi connectivity index (χ1n) is 7.72. The molecule has 0 saturated carbocycles. The molecule has 1 N–H and O–H groups in total. The largest absolute Gasteiger partial charge is 0.484 e. The van der Waals surface area contributed by atoms with Gasteiger partial charge in [0.15, 0.2) is 5.75 Å². The van der Waals surface area contributed by atoms with Crippen molar-refractivity contribution in [3.8, 4) is 5.75 Å². The molecule has 1 aromatic rings. The molecule has 0 unspecified atom stereocenters. The number of nitro benzene ring substituents is 1. The van der Waals surface area contributed by atoms with Crippen molar-refractivity contribution in [3.63, 3.8) is 0 Å². The van der Waals surface area contributed by atoms with E-state index in [4.69, 9.17) is 4.74 Å². The van der Waals surface area contributed by atoms with Crippen molar-refractivity contribution in [1.29, 1.82) is 0 Å². The van der Waals surface area contributed by atoms with Crippen molar-refractivity contribution in [2.75, 3.05) is 26.2 Å². The molecule has 6 heteroatoms. The van der Waals surface area contributed by atoms with Gasteiger partial charge in [-0.15, -0.1) is 0 Å². The summed E-state index contributed by atoms with van der Waals surface area (Å²) >= 11 is 0. The third-order valence-corrected chi connectivity index (χ3v) is 3.91. The second-order valence-corrected chi connectivity index (χ2v) is 6.35. The highest BCUT2D eigenvalue weighted by atomic mass is 16.6. The molecule has 6 nitrogen and oxygen atoms in total. The van der Waals surface area contributed by atoms with Crippen LogP contribution in [0.4, 0.5) is 5.69 Å². The summed E-state index contributed by atoms with van der Waals surface area (Å²) in [5, 5.41) is 21.0. The molecule has 0 aromatic heterocycles. The van der Waals surface area contributed by atoms with Crippen molar-refractivity contribution in [2.45, 2.75) is 26.4 Å². The van der Waals surface area contributed by atoms with Crippen LogP contribution in [0.3, 0.4) is 0 Å². The van der Waals surface area contributed by atoms with Crippen LogP contribution in [0, 0.1) is 22.0 Å². The summed E-state index contributed by atoms with van der Waals surface area (Å²) in [5.74, 6) is 1.46. The van der Waals surface area contributed by atoms with Gasteiger partial charge >= 0.3 is 5.69 Å². The molecule has 1 saturated heterocycles. The summed E-state index contributed by atoms with van der Waals surface area (Å²) in [6, 6.07) is 6.23. The first-order valence-corrected chi connectivity index (χ1v) is 7.72. The lowest BCUT2D eigenvalue weighted by atomic mass is 9.92. The van der Waals surface area contributed by atoms with Gasteiger partial charge in [0.1, 0.15) is 12.7 Å². The average molecular weight is 308 g/mol. The maximum absolute atomic E-state index is 10.9. The molecule has 0 spiro atoms. The highest BCUT2D eigenvalue weighted by molar-refractivity contribution is 5.45. The Kier molecular flexibility index (Phi) is 5.74. The summed E-state index contributed by atoms with van der Waals surface area (Å²) in [6.07, 6.45) is 0.566. The Balaban J connectivity index is 1.85. The van der Waals surface area contributed by atoms with Crippen molar-refractivity contribution in [3.05, 3.63) is 34.4 Å². The highest BCUT2D eigenvalue weighted by Crippen LogP contribution is 2.26. The maximum Gasteiger partial charge on any atom is 0.310 e. The maximum atomic E-state index is 10.9. The number of aliphatic hydroxyl groups excluding tert-OH is 1. The highest BCUT2D eigenvalue weighted by Gasteiger charge is 2.24. The van der Waals surface area contributed by atoms with E-state index in [2.05, 4.69) is 18.7 Å². The Morgan fingerprint density at radius 3 is 2.64 bits per heavy atom. The van der Waals surface area contributed by atoms with E-state index in [0.29, 0.717) is 18.4 Å². The minimum atomic E-state index is -0.655. The zero-order valence-corrected chi connectivity index (χ0v) is 13.1. The van der Waals surface area contributed by atoms with Crippen molar-refractivity contribution >= 4 is 5.69 Å². The second kappa shape index (κ2) is 7.56. The standard InChI is InChI=1S/C16H24N2O4/c1-12-7-13(2)9-17(8-12)10-14(19)11-22-16-6-4-3-5-15(16)18(20)21/h3-6,12-14,19H,7-11H2,1-2H3/t12-,13-,14+/m1/s1. The Hall–Kier alpha value is -1.66. The Labute approximate surface area is 130 Å². The van der Waals surface area contributed by atoms with Gasteiger partial charge in [0.25, 0.3) is 0 Å². The molecule has 2 rings (SSSR count). The van der Waals surface area contributed by atoms with Crippen LogP contribution >= 0.6 is 0 Å². The number of ether oxygens (including phenoxy) is 1. The Morgan fingerprint density at radius 2 is 2.00 bits per heavy atom. The summed E-state index contributed by atoms with van der Waals surface area (Å²) in [6.45, 7) is 7.00. The van der Waals surface area contributed by atoms with Crippen LogP contribution in [0.2, 0.25) is 0 Å². The lowest BCUT2D eigenvalue weighted by molar-refractivity contribution is -0.385. The van der Waals surface area contributed by atoms with Crippen LogP contribution in [-0.4, -0.2) is 47.3 Å². The molecule has 0 aliphatic carbocycles. The number of rotatable bonds is 6. The summed E-state index contributed by atoms with van der Waals surface area (Å²) in [7, 11) is 0.